The van der Waals surface area contributed by atoms with Gasteiger partial charge >= 0.3 is 0 Å². The van der Waals surface area contributed by atoms with E-state index >= 15 is 0 Å². The van der Waals surface area contributed by atoms with Gasteiger partial charge in [-0.2, -0.15) is 0 Å². The van der Waals surface area contributed by atoms with E-state index in [9.17, 15) is 9.59 Å². The molecule has 0 aliphatic carbocycles. The number of aromatic amines is 2. The van der Waals surface area contributed by atoms with Gasteiger partial charge in [-0.1, -0.05) is 34.1 Å². The number of nitrogens with zero attached hydrogens (tertiary/aromatic N) is 1. The molecule has 4 aromatic rings. The molecule has 6 nitrogen and oxygen atoms in total. The number of aromatic nitrogens is 3. The summed E-state index contributed by atoms with van der Waals surface area (Å²) in [5.41, 5.74) is 2.85. The largest absolute Gasteiger partial charge is 0.361 e. The molecule has 154 valence electrons. The standard InChI is InChI=1S/C22H21BrN4O2S/c23-15-7-8-19-17(12-15)21(29)27(22(30)26-19)11-3-6-20(28)24-10-9-14-13-25-18-5-2-1-4-16(14)18/h1-2,4-5,7-8,12-13,25H,3,6,9-11H2,(H,24,28)(H,26,30). The van der Waals surface area contributed by atoms with Gasteiger partial charge in [0.25, 0.3) is 5.56 Å². The summed E-state index contributed by atoms with van der Waals surface area (Å²) >= 11 is 8.72. The topological polar surface area (TPSA) is 82.7 Å². The van der Waals surface area contributed by atoms with Crippen molar-refractivity contribution < 1.29 is 4.79 Å². The van der Waals surface area contributed by atoms with Crippen LogP contribution in [0.3, 0.4) is 0 Å². The molecule has 0 bridgehead atoms. The fourth-order valence-electron chi connectivity index (χ4n) is 3.59. The lowest BCUT2D eigenvalue weighted by Gasteiger charge is -2.09. The molecule has 1 amide bonds. The molecule has 0 saturated carbocycles. The SMILES string of the molecule is O=C(CCCn1c(=S)[nH]c2ccc(Br)cc2c1=O)NCCc1c[nH]c2ccccc12. The van der Waals surface area contributed by atoms with Gasteiger partial charge in [-0.25, -0.2) is 0 Å². The monoisotopic (exact) mass is 484 g/mol. The minimum atomic E-state index is -0.144. The highest BCUT2D eigenvalue weighted by atomic mass is 79.9. The first-order valence-corrected chi connectivity index (χ1v) is 11.0. The van der Waals surface area contributed by atoms with E-state index < -0.39 is 0 Å². The highest BCUT2D eigenvalue weighted by Gasteiger charge is 2.08. The van der Waals surface area contributed by atoms with Crippen LogP contribution >= 0.6 is 28.1 Å². The summed E-state index contributed by atoms with van der Waals surface area (Å²) in [7, 11) is 0. The summed E-state index contributed by atoms with van der Waals surface area (Å²) in [5, 5.41) is 4.71. The van der Waals surface area contributed by atoms with Crippen LogP contribution in [0.15, 0.2) is 57.9 Å². The zero-order chi connectivity index (χ0) is 21.1. The maximum Gasteiger partial charge on any atom is 0.262 e. The molecule has 4 rings (SSSR count). The summed E-state index contributed by atoms with van der Waals surface area (Å²) < 4.78 is 2.72. The van der Waals surface area contributed by atoms with E-state index in [1.54, 1.807) is 6.07 Å². The lowest BCUT2D eigenvalue weighted by atomic mass is 10.1. The summed E-state index contributed by atoms with van der Waals surface area (Å²) in [6.07, 6.45) is 3.63. The van der Waals surface area contributed by atoms with Gasteiger partial charge < -0.3 is 15.3 Å². The summed E-state index contributed by atoms with van der Waals surface area (Å²) in [6.45, 7) is 0.969. The molecular weight excluding hydrogens is 464 g/mol. The van der Waals surface area contributed by atoms with Crippen LogP contribution in [0, 0.1) is 4.77 Å². The Bertz CT molecular complexity index is 1340. The van der Waals surface area contributed by atoms with Gasteiger partial charge in [-0.05, 0) is 54.9 Å². The number of nitrogens with one attached hydrogen (secondary N) is 3. The Labute approximate surface area is 186 Å². The predicted octanol–water partition coefficient (Wildman–Crippen LogP) is 4.44. The molecule has 0 aliphatic rings. The van der Waals surface area contributed by atoms with E-state index in [-0.39, 0.29) is 11.5 Å². The second kappa shape index (κ2) is 8.97. The second-order valence-corrected chi connectivity index (χ2v) is 8.44. The first-order valence-electron chi connectivity index (χ1n) is 9.77. The molecule has 0 fully saturated rings. The Morgan fingerprint density at radius 1 is 1.13 bits per heavy atom. The number of H-pyrrole nitrogens is 2. The number of hydrogen-bond donors (Lipinski definition) is 3. The Hall–Kier alpha value is -2.71. The normalized spacial score (nSPS) is 11.2. The van der Waals surface area contributed by atoms with E-state index in [2.05, 4.69) is 37.3 Å². The Balaban J connectivity index is 1.31. The van der Waals surface area contributed by atoms with Gasteiger partial charge in [0.15, 0.2) is 4.77 Å². The Morgan fingerprint density at radius 2 is 1.97 bits per heavy atom. The van der Waals surface area contributed by atoms with E-state index in [0.29, 0.717) is 41.6 Å². The third kappa shape index (κ3) is 4.39. The van der Waals surface area contributed by atoms with Gasteiger partial charge in [0.1, 0.15) is 0 Å². The van der Waals surface area contributed by atoms with E-state index in [0.717, 1.165) is 16.4 Å². The van der Waals surface area contributed by atoms with Crippen LogP contribution in [-0.2, 0) is 17.8 Å². The third-order valence-electron chi connectivity index (χ3n) is 5.12. The molecule has 0 unspecified atom stereocenters. The van der Waals surface area contributed by atoms with Crippen molar-refractivity contribution in [2.75, 3.05) is 6.54 Å². The average Bonchev–Trinajstić information content (AvgIpc) is 3.14. The quantitative estimate of drug-likeness (QED) is 0.339. The number of carbonyl (C=O) groups excluding carboxylic acids is 1. The van der Waals surface area contributed by atoms with Crippen LogP contribution in [0.1, 0.15) is 18.4 Å². The number of halogens is 1. The van der Waals surface area contributed by atoms with E-state index in [1.807, 2.05) is 36.5 Å². The van der Waals surface area contributed by atoms with Crippen molar-refractivity contribution in [3.63, 3.8) is 0 Å². The molecule has 8 heteroatoms. The molecule has 30 heavy (non-hydrogen) atoms. The fraction of sp³-hybridized carbons (Fsp3) is 0.227. The third-order valence-corrected chi connectivity index (χ3v) is 5.94. The first-order chi connectivity index (χ1) is 14.5. The molecule has 0 radical (unpaired) electrons. The van der Waals surface area contributed by atoms with Crippen molar-refractivity contribution in [2.45, 2.75) is 25.8 Å². The highest BCUT2D eigenvalue weighted by Crippen LogP contribution is 2.18. The Kier molecular flexibility index (Phi) is 6.15. The molecule has 2 aromatic carbocycles. The van der Waals surface area contributed by atoms with Crippen LogP contribution in [0.25, 0.3) is 21.8 Å². The zero-order valence-electron chi connectivity index (χ0n) is 16.2. The molecule has 2 aromatic heterocycles. The molecule has 0 atom stereocenters. The van der Waals surface area contributed by atoms with Crippen LogP contribution in [0.5, 0.6) is 0 Å². The number of amides is 1. The van der Waals surface area contributed by atoms with Crippen LogP contribution in [-0.4, -0.2) is 27.0 Å². The van der Waals surface area contributed by atoms with Crippen molar-refractivity contribution in [2.24, 2.45) is 0 Å². The van der Waals surface area contributed by atoms with Crippen LogP contribution < -0.4 is 10.9 Å². The Morgan fingerprint density at radius 3 is 2.83 bits per heavy atom. The lowest BCUT2D eigenvalue weighted by Crippen LogP contribution is -2.27. The summed E-state index contributed by atoms with van der Waals surface area (Å²) in [5.74, 6) is -0.0266. The second-order valence-electron chi connectivity index (χ2n) is 7.14. The summed E-state index contributed by atoms with van der Waals surface area (Å²) in [4.78, 5) is 31.3. The van der Waals surface area contributed by atoms with Crippen LogP contribution in [0.2, 0.25) is 0 Å². The minimum absolute atomic E-state index is 0.0266. The lowest BCUT2D eigenvalue weighted by molar-refractivity contribution is -0.121. The van der Waals surface area contributed by atoms with E-state index in [1.165, 1.54) is 15.5 Å². The maximum atomic E-state index is 12.7. The molecule has 0 aliphatic heterocycles. The van der Waals surface area contributed by atoms with Crippen LogP contribution in [0.4, 0.5) is 0 Å². The number of carbonyl (C=O) groups is 1. The first kappa shape index (κ1) is 20.6. The highest BCUT2D eigenvalue weighted by molar-refractivity contribution is 9.10. The van der Waals surface area contributed by atoms with Gasteiger partial charge in [-0.15, -0.1) is 0 Å². The predicted molar refractivity (Wildman–Crippen MR) is 125 cm³/mol. The number of hydrogen-bond acceptors (Lipinski definition) is 3. The van der Waals surface area contributed by atoms with Gasteiger partial charge in [0, 0.05) is 41.1 Å². The number of benzene rings is 2. The molecular formula is C22H21BrN4O2S. The number of fused-ring (bicyclic) bond motifs is 2. The van der Waals surface area contributed by atoms with Crippen molar-refractivity contribution >= 4 is 55.9 Å². The smallest absolute Gasteiger partial charge is 0.262 e. The molecule has 0 spiro atoms. The number of rotatable bonds is 7. The summed E-state index contributed by atoms with van der Waals surface area (Å²) in [6, 6.07) is 13.6. The molecule has 0 saturated heterocycles. The van der Waals surface area contributed by atoms with Gasteiger partial charge in [0.05, 0.1) is 10.9 Å². The van der Waals surface area contributed by atoms with Crippen molar-refractivity contribution in [3.05, 3.63) is 73.8 Å². The van der Waals surface area contributed by atoms with E-state index in [4.69, 9.17) is 12.2 Å². The van der Waals surface area contributed by atoms with Crippen molar-refractivity contribution in [1.29, 1.82) is 0 Å². The van der Waals surface area contributed by atoms with Gasteiger partial charge in [0.2, 0.25) is 5.91 Å². The molecule has 2 heterocycles. The zero-order valence-corrected chi connectivity index (χ0v) is 18.6. The van der Waals surface area contributed by atoms with Gasteiger partial charge in [-0.3, -0.25) is 14.2 Å². The van der Waals surface area contributed by atoms with Crippen molar-refractivity contribution in [3.8, 4) is 0 Å². The molecule has 3 N–H and O–H groups in total. The average molecular weight is 485 g/mol. The number of para-hydroxylation sites is 1. The minimum Gasteiger partial charge on any atom is -0.361 e. The van der Waals surface area contributed by atoms with Crippen molar-refractivity contribution in [1.82, 2.24) is 19.9 Å². The maximum absolute atomic E-state index is 12.7. The fourth-order valence-corrected chi connectivity index (χ4v) is 4.23.